The Morgan fingerprint density at radius 3 is 2.28 bits per heavy atom. The van der Waals surface area contributed by atoms with Crippen LogP contribution in [0.15, 0.2) is 47.4 Å². The molecule has 130 valence electrons. The lowest BCUT2D eigenvalue weighted by Crippen LogP contribution is -2.15. The van der Waals surface area contributed by atoms with Gasteiger partial charge in [0, 0.05) is 19.8 Å². The fraction of sp³-hybridized carbons (Fsp3) is 0.211. The van der Waals surface area contributed by atoms with Gasteiger partial charge in [-0.2, -0.15) is 5.26 Å². The molecule has 0 saturated carbocycles. The summed E-state index contributed by atoms with van der Waals surface area (Å²) >= 11 is 0. The number of nitrogens with zero attached hydrogens (tertiary/aromatic N) is 2. The number of allylic oxidation sites excluding steroid dienone is 1. The molecule has 0 aliphatic rings. The summed E-state index contributed by atoms with van der Waals surface area (Å²) in [6.07, 6.45) is 1.37. The molecule has 0 atom stereocenters. The van der Waals surface area contributed by atoms with Crippen LogP contribution in [-0.4, -0.2) is 22.5 Å². The molecule has 2 aromatic rings. The summed E-state index contributed by atoms with van der Waals surface area (Å²) in [5.41, 5.74) is 3.95. The maximum Gasteiger partial charge on any atom is 0.272 e. The van der Waals surface area contributed by atoms with Crippen LogP contribution in [0.1, 0.15) is 16.7 Å². The summed E-state index contributed by atoms with van der Waals surface area (Å²) in [6, 6.07) is 14.5. The molecule has 0 amide bonds. The standard InChI is InChI=1S/C19H21N3O2S/c1-14-5-10-19(15(2)11-14)21-25(23,24)18(13-20)12-16-6-8-17(9-7-16)22(3)4/h5-12,21H,1-4H3/b18-12+. The Morgan fingerprint density at radius 1 is 1.12 bits per heavy atom. The molecular formula is C19H21N3O2S. The van der Waals surface area contributed by atoms with Gasteiger partial charge < -0.3 is 4.90 Å². The summed E-state index contributed by atoms with van der Waals surface area (Å²) in [7, 11) is -0.105. The van der Waals surface area contributed by atoms with Crippen molar-refractivity contribution in [2.24, 2.45) is 0 Å². The van der Waals surface area contributed by atoms with Crippen LogP contribution in [0.2, 0.25) is 0 Å². The number of nitrogens with one attached hydrogen (secondary N) is 1. The zero-order valence-corrected chi connectivity index (χ0v) is 15.6. The number of hydrogen-bond acceptors (Lipinski definition) is 4. The average molecular weight is 355 g/mol. The quantitative estimate of drug-likeness (QED) is 0.831. The van der Waals surface area contributed by atoms with Crippen molar-refractivity contribution in [3.8, 4) is 6.07 Å². The Kier molecular flexibility index (Phi) is 5.50. The van der Waals surface area contributed by atoms with Crippen molar-refractivity contribution in [2.75, 3.05) is 23.7 Å². The van der Waals surface area contributed by atoms with Crippen LogP contribution in [0.5, 0.6) is 0 Å². The molecule has 2 aromatic carbocycles. The molecule has 2 rings (SSSR count). The van der Waals surface area contributed by atoms with E-state index < -0.39 is 10.0 Å². The highest BCUT2D eigenvalue weighted by Gasteiger charge is 2.18. The molecule has 0 aromatic heterocycles. The van der Waals surface area contributed by atoms with Gasteiger partial charge in [-0.25, -0.2) is 8.42 Å². The predicted octanol–water partition coefficient (Wildman–Crippen LogP) is 3.68. The third-order valence-corrected chi connectivity index (χ3v) is 5.01. The molecule has 0 heterocycles. The first-order valence-corrected chi connectivity index (χ1v) is 9.20. The fourth-order valence-corrected chi connectivity index (χ4v) is 3.36. The fourth-order valence-electron chi connectivity index (χ4n) is 2.32. The second-order valence-corrected chi connectivity index (χ2v) is 7.68. The molecule has 5 nitrogen and oxygen atoms in total. The summed E-state index contributed by atoms with van der Waals surface area (Å²) in [4.78, 5) is 1.61. The van der Waals surface area contributed by atoms with Gasteiger partial charge in [-0.1, -0.05) is 29.8 Å². The third-order valence-electron chi connectivity index (χ3n) is 3.73. The summed E-state index contributed by atoms with van der Waals surface area (Å²) in [6.45, 7) is 3.75. The molecule has 6 heteroatoms. The zero-order valence-electron chi connectivity index (χ0n) is 14.7. The monoisotopic (exact) mass is 355 g/mol. The first kappa shape index (κ1) is 18.6. The van der Waals surface area contributed by atoms with E-state index in [-0.39, 0.29) is 4.91 Å². The van der Waals surface area contributed by atoms with Gasteiger partial charge in [-0.3, -0.25) is 4.72 Å². The predicted molar refractivity (Wildman–Crippen MR) is 103 cm³/mol. The molecule has 0 bridgehead atoms. The molecular weight excluding hydrogens is 334 g/mol. The Bertz CT molecular complexity index is 938. The van der Waals surface area contributed by atoms with Crippen molar-refractivity contribution in [3.05, 3.63) is 64.1 Å². The largest absolute Gasteiger partial charge is 0.378 e. The molecule has 25 heavy (non-hydrogen) atoms. The Hall–Kier alpha value is -2.78. The maximum atomic E-state index is 12.5. The minimum absolute atomic E-state index is 0.329. The van der Waals surface area contributed by atoms with Crippen LogP contribution in [0.4, 0.5) is 11.4 Å². The number of aryl methyl sites for hydroxylation is 2. The van der Waals surface area contributed by atoms with Crippen molar-refractivity contribution < 1.29 is 8.42 Å². The van der Waals surface area contributed by atoms with Gasteiger partial charge >= 0.3 is 0 Å². The average Bonchev–Trinajstić information content (AvgIpc) is 2.55. The first-order valence-electron chi connectivity index (χ1n) is 7.72. The minimum atomic E-state index is -3.95. The van der Waals surface area contributed by atoms with Gasteiger partial charge in [-0.05, 0) is 49.2 Å². The normalized spacial score (nSPS) is 11.7. The lowest BCUT2D eigenvalue weighted by atomic mass is 10.1. The van der Waals surface area contributed by atoms with E-state index >= 15 is 0 Å². The molecule has 0 radical (unpaired) electrons. The van der Waals surface area contributed by atoms with Gasteiger partial charge in [0.25, 0.3) is 10.0 Å². The van der Waals surface area contributed by atoms with Crippen molar-refractivity contribution in [1.82, 2.24) is 0 Å². The maximum absolute atomic E-state index is 12.5. The molecule has 0 spiro atoms. The molecule has 0 aliphatic carbocycles. The van der Waals surface area contributed by atoms with E-state index in [9.17, 15) is 13.7 Å². The van der Waals surface area contributed by atoms with Crippen molar-refractivity contribution in [2.45, 2.75) is 13.8 Å². The number of rotatable bonds is 5. The van der Waals surface area contributed by atoms with Gasteiger partial charge in [0.15, 0.2) is 4.91 Å². The topological polar surface area (TPSA) is 73.2 Å². The Balaban J connectivity index is 2.33. The van der Waals surface area contributed by atoms with Crippen LogP contribution < -0.4 is 9.62 Å². The van der Waals surface area contributed by atoms with Gasteiger partial charge in [-0.15, -0.1) is 0 Å². The number of nitriles is 1. The van der Waals surface area contributed by atoms with Gasteiger partial charge in [0.1, 0.15) is 6.07 Å². The van der Waals surface area contributed by atoms with E-state index in [0.717, 1.165) is 16.8 Å². The Labute approximate surface area is 149 Å². The van der Waals surface area contributed by atoms with Crippen LogP contribution in [0.3, 0.4) is 0 Å². The van der Waals surface area contributed by atoms with Gasteiger partial charge in [0.2, 0.25) is 0 Å². The van der Waals surface area contributed by atoms with Crippen molar-refractivity contribution in [1.29, 1.82) is 5.26 Å². The van der Waals surface area contributed by atoms with E-state index in [0.29, 0.717) is 11.3 Å². The molecule has 0 aliphatic heterocycles. The van der Waals surface area contributed by atoms with E-state index in [1.807, 2.05) is 57.1 Å². The molecule has 0 saturated heterocycles. The number of hydrogen-bond donors (Lipinski definition) is 1. The summed E-state index contributed by atoms with van der Waals surface area (Å²) in [5, 5.41) is 9.31. The van der Waals surface area contributed by atoms with Gasteiger partial charge in [0.05, 0.1) is 5.69 Å². The summed E-state index contributed by atoms with van der Waals surface area (Å²) in [5.74, 6) is 0. The summed E-state index contributed by atoms with van der Waals surface area (Å²) < 4.78 is 27.6. The third kappa shape index (κ3) is 4.61. The molecule has 1 N–H and O–H groups in total. The minimum Gasteiger partial charge on any atom is -0.378 e. The lowest BCUT2D eigenvalue weighted by Gasteiger charge is -2.12. The highest BCUT2D eigenvalue weighted by molar-refractivity contribution is 7.97. The second-order valence-electron chi connectivity index (χ2n) is 6.03. The number of sulfonamides is 1. The van der Waals surface area contributed by atoms with Crippen molar-refractivity contribution >= 4 is 27.5 Å². The van der Waals surface area contributed by atoms with Crippen LogP contribution in [0.25, 0.3) is 6.08 Å². The first-order chi connectivity index (χ1) is 11.7. The van der Waals surface area contributed by atoms with Crippen LogP contribution in [-0.2, 0) is 10.0 Å². The van der Waals surface area contributed by atoms with Crippen LogP contribution >= 0.6 is 0 Å². The highest BCUT2D eigenvalue weighted by Crippen LogP contribution is 2.21. The second kappa shape index (κ2) is 7.41. The highest BCUT2D eigenvalue weighted by atomic mass is 32.2. The van der Waals surface area contributed by atoms with E-state index in [1.165, 1.54) is 6.08 Å². The van der Waals surface area contributed by atoms with Crippen LogP contribution in [0, 0.1) is 25.2 Å². The van der Waals surface area contributed by atoms with E-state index in [1.54, 1.807) is 24.3 Å². The molecule has 0 unspecified atom stereocenters. The van der Waals surface area contributed by atoms with E-state index in [2.05, 4.69) is 4.72 Å². The number of benzene rings is 2. The van der Waals surface area contributed by atoms with E-state index in [4.69, 9.17) is 0 Å². The smallest absolute Gasteiger partial charge is 0.272 e. The SMILES string of the molecule is Cc1ccc(NS(=O)(=O)/C(C#N)=C/c2ccc(N(C)C)cc2)c(C)c1. The zero-order chi connectivity index (χ0) is 18.6. The molecule has 0 fully saturated rings. The van der Waals surface area contributed by atoms with Crippen molar-refractivity contribution in [3.63, 3.8) is 0 Å². The number of anilines is 2. The Morgan fingerprint density at radius 2 is 1.76 bits per heavy atom. The lowest BCUT2D eigenvalue weighted by molar-refractivity contribution is 0.608.